The molecular formula is C35H46. The quantitative estimate of drug-likeness (QED) is 0.255. The predicted molar refractivity (Wildman–Crippen MR) is 152 cm³/mol. The van der Waals surface area contributed by atoms with Crippen molar-refractivity contribution in [1.29, 1.82) is 0 Å². The smallest absolute Gasteiger partial charge is 0.0249 e. The molecule has 0 saturated heterocycles. The highest BCUT2D eigenvalue weighted by molar-refractivity contribution is 5.64. The zero-order valence-corrected chi connectivity index (χ0v) is 22.3. The highest BCUT2D eigenvalue weighted by Crippen LogP contribution is 2.40. The number of unbranched alkanes of at least 4 members (excludes halogenated alkanes) is 3. The van der Waals surface area contributed by atoms with Crippen molar-refractivity contribution in [3.63, 3.8) is 0 Å². The van der Waals surface area contributed by atoms with Crippen LogP contribution in [0.3, 0.4) is 0 Å². The third-order valence-electron chi connectivity index (χ3n) is 8.57. The Labute approximate surface area is 215 Å². The van der Waals surface area contributed by atoms with Gasteiger partial charge in [-0.1, -0.05) is 113 Å². The van der Waals surface area contributed by atoms with E-state index in [1.807, 2.05) is 0 Å². The molecule has 0 nitrogen and oxygen atoms in total. The lowest BCUT2D eigenvalue weighted by Crippen LogP contribution is -2.23. The van der Waals surface area contributed by atoms with Crippen molar-refractivity contribution in [2.45, 2.75) is 104 Å². The first-order valence-corrected chi connectivity index (χ1v) is 14.7. The molecule has 0 radical (unpaired) electrons. The molecule has 1 fully saturated rings. The average Bonchev–Trinajstić information content (AvgIpc) is 2.92. The van der Waals surface area contributed by atoms with E-state index in [1.165, 1.54) is 112 Å². The molecule has 35 heavy (non-hydrogen) atoms. The van der Waals surface area contributed by atoms with Crippen molar-refractivity contribution >= 4 is 0 Å². The van der Waals surface area contributed by atoms with E-state index >= 15 is 0 Å². The van der Waals surface area contributed by atoms with Crippen molar-refractivity contribution in [3.8, 4) is 23.0 Å². The Kier molecular flexibility index (Phi) is 10.1. The average molecular weight is 467 g/mol. The van der Waals surface area contributed by atoms with Crippen LogP contribution in [0.1, 0.15) is 108 Å². The van der Waals surface area contributed by atoms with Crippen LogP contribution in [0.2, 0.25) is 0 Å². The molecule has 1 unspecified atom stereocenters. The molecule has 0 heterocycles. The number of aryl methyl sites for hydroxylation is 1. The SMILES string of the molecule is CCCCCCc1ccc(-c2ccc(C#CC3=CCC(C4CCC(CCC)CC4)CC3)cc2)cc1. The van der Waals surface area contributed by atoms with Crippen LogP contribution in [-0.2, 0) is 6.42 Å². The van der Waals surface area contributed by atoms with Crippen LogP contribution >= 0.6 is 0 Å². The summed E-state index contributed by atoms with van der Waals surface area (Å²) in [5, 5.41) is 0. The molecule has 0 aromatic heterocycles. The summed E-state index contributed by atoms with van der Waals surface area (Å²) in [4.78, 5) is 0. The Bertz CT molecular complexity index is 971. The van der Waals surface area contributed by atoms with Crippen molar-refractivity contribution in [1.82, 2.24) is 0 Å². The molecule has 0 heteroatoms. The summed E-state index contributed by atoms with van der Waals surface area (Å²) in [7, 11) is 0. The molecule has 1 atom stereocenters. The van der Waals surface area contributed by atoms with Crippen LogP contribution < -0.4 is 0 Å². The summed E-state index contributed by atoms with van der Waals surface area (Å²) in [6.45, 7) is 4.61. The summed E-state index contributed by atoms with van der Waals surface area (Å²) in [5.41, 5.74) is 6.52. The van der Waals surface area contributed by atoms with Crippen LogP contribution in [-0.4, -0.2) is 0 Å². The van der Waals surface area contributed by atoms with Gasteiger partial charge in [0.15, 0.2) is 0 Å². The number of benzene rings is 2. The van der Waals surface area contributed by atoms with Crippen LogP contribution in [0.25, 0.3) is 11.1 Å². The summed E-state index contributed by atoms with van der Waals surface area (Å²) >= 11 is 0. The molecule has 186 valence electrons. The number of hydrogen-bond acceptors (Lipinski definition) is 0. The summed E-state index contributed by atoms with van der Waals surface area (Å²) in [6.07, 6.45) is 21.4. The van der Waals surface area contributed by atoms with E-state index in [9.17, 15) is 0 Å². The minimum atomic E-state index is 0.908. The zero-order valence-electron chi connectivity index (χ0n) is 22.3. The van der Waals surface area contributed by atoms with E-state index in [0.717, 1.165) is 23.3 Å². The lowest BCUT2D eigenvalue weighted by molar-refractivity contribution is 0.187. The van der Waals surface area contributed by atoms with Crippen LogP contribution in [0.5, 0.6) is 0 Å². The highest BCUT2D eigenvalue weighted by atomic mass is 14.3. The van der Waals surface area contributed by atoms with Crippen molar-refractivity contribution in [3.05, 3.63) is 71.3 Å². The molecule has 0 N–H and O–H groups in total. The molecule has 4 rings (SSSR count). The second kappa shape index (κ2) is 13.7. The largest absolute Gasteiger partial charge is 0.0726 e. The van der Waals surface area contributed by atoms with E-state index in [1.54, 1.807) is 0 Å². The van der Waals surface area contributed by atoms with E-state index in [2.05, 4.69) is 80.3 Å². The number of allylic oxidation sites excluding steroid dienone is 2. The molecule has 2 aromatic rings. The summed E-state index contributed by atoms with van der Waals surface area (Å²) < 4.78 is 0. The fourth-order valence-corrected chi connectivity index (χ4v) is 6.27. The Morgan fingerprint density at radius 3 is 2.03 bits per heavy atom. The van der Waals surface area contributed by atoms with Gasteiger partial charge in [-0.2, -0.15) is 0 Å². The summed E-state index contributed by atoms with van der Waals surface area (Å²) in [5.74, 6) is 9.82. The zero-order chi connectivity index (χ0) is 24.3. The molecule has 2 aromatic carbocycles. The molecule has 0 aliphatic heterocycles. The summed E-state index contributed by atoms with van der Waals surface area (Å²) in [6, 6.07) is 18.0. The third kappa shape index (κ3) is 7.87. The fraction of sp³-hybridized carbons (Fsp3) is 0.543. The number of hydrogen-bond donors (Lipinski definition) is 0. The first kappa shape index (κ1) is 25.8. The molecule has 2 aliphatic rings. The van der Waals surface area contributed by atoms with Gasteiger partial charge >= 0.3 is 0 Å². The highest BCUT2D eigenvalue weighted by Gasteiger charge is 2.28. The van der Waals surface area contributed by atoms with Crippen LogP contribution in [0.4, 0.5) is 0 Å². The molecule has 1 saturated carbocycles. The van der Waals surface area contributed by atoms with Gasteiger partial charge in [0.2, 0.25) is 0 Å². The Balaban J connectivity index is 1.26. The van der Waals surface area contributed by atoms with Crippen LogP contribution in [0.15, 0.2) is 60.2 Å². The van der Waals surface area contributed by atoms with Crippen molar-refractivity contribution in [2.75, 3.05) is 0 Å². The van der Waals surface area contributed by atoms with E-state index in [4.69, 9.17) is 0 Å². The standard InChI is InChI=1S/C35H46/c1-3-5-6-7-9-29-14-22-33(23-15-29)35-26-18-31(19-27-35)11-10-30-16-24-34(25-17-30)32-20-12-28(8-4-2)13-21-32/h14-16,18-19,22-23,26-28,32,34H,3-9,12-13,17,20-21,24-25H2,1-2H3. The minimum absolute atomic E-state index is 0.908. The first-order valence-electron chi connectivity index (χ1n) is 14.7. The van der Waals surface area contributed by atoms with Gasteiger partial charge in [0.25, 0.3) is 0 Å². The van der Waals surface area contributed by atoms with Crippen molar-refractivity contribution in [2.24, 2.45) is 17.8 Å². The topological polar surface area (TPSA) is 0 Å². The van der Waals surface area contributed by atoms with E-state index in [0.29, 0.717) is 0 Å². The fourth-order valence-electron chi connectivity index (χ4n) is 6.27. The molecule has 2 aliphatic carbocycles. The van der Waals surface area contributed by atoms with E-state index < -0.39 is 0 Å². The molecule has 0 amide bonds. The molecule has 0 spiro atoms. The third-order valence-corrected chi connectivity index (χ3v) is 8.57. The monoisotopic (exact) mass is 466 g/mol. The van der Waals surface area contributed by atoms with Gasteiger partial charge in [-0.25, -0.2) is 0 Å². The van der Waals surface area contributed by atoms with Gasteiger partial charge in [0.1, 0.15) is 0 Å². The molecule has 0 bridgehead atoms. The Morgan fingerprint density at radius 2 is 1.40 bits per heavy atom. The first-order chi connectivity index (χ1) is 17.2. The number of rotatable bonds is 9. The Morgan fingerprint density at radius 1 is 0.686 bits per heavy atom. The van der Waals surface area contributed by atoms with Gasteiger partial charge in [0.05, 0.1) is 0 Å². The Hall–Kier alpha value is -2.26. The second-order valence-electron chi connectivity index (χ2n) is 11.2. The van der Waals surface area contributed by atoms with Gasteiger partial charge in [0, 0.05) is 5.56 Å². The van der Waals surface area contributed by atoms with Crippen molar-refractivity contribution < 1.29 is 0 Å². The van der Waals surface area contributed by atoms with Gasteiger partial charge < -0.3 is 0 Å². The van der Waals surface area contributed by atoms with Crippen LogP contribution in [0, 0.1) is 29.6 Å². The van der Waals surface area contributed by atoms with Gasteiger partial charge in [-0.3, -0.25) is 0 Å². The lowest BCUT2D eigenvalue weighted by atomic mass is 9.71. The lowest BCUT2D eigenvalue weighted by Gasteiger charge is -2.35. The molecular weight excluding hydrogens is 420 g/mol. The van der Waals surface area contributed by atoms with Gasteiger partial charge in [-0.15, -0.1) is 0 Å². The van der Waals surface area contributed by atoms with Gasteiger partial charge in [-0.05, 0) is 97.1 Å². The second-order valence-corrected chi connectivity index (χ2v) is 11.2. The predicted octanol–water partition coefficient (Wildman–Crippen LogP) is 10.2. The maximum absolute atomic E-state index is 3.49. The van der Waals surface area contributed by atoms with E-state index in [-0.39, 0.29) is 0 Å². The maximum Gasteiger partial charge on any atom is 0.0249 e. The normalized spacial score (nSPS) is 22.2. The minimum Gasteiger partial charge on any atom is -0.0726 e. The maximum atomic E-state index is 3.49.